The summed E-state index contributed by atoms with van der Waals surface area (Å²) in [7, 11) is 0. The van der Waals surface area contributed by atoms with E-state index in [9.17, 15) is 0 Å². The second-order valence-electron chi connectivity index (χ2n) is 3.37. The molecule has 0 fully saturated rings. The fraction of sp³-hybridized carbons (Fsp3) is 0.143. The van der Waals surface area contributed by atoms with Gasteiger partial charge in [0.15, 0.2) is 0 Å². The lowest BCUT2D eigenvalue weighted by Crippen LogP contribution is -2.24. The number of benzene rings is 2. The molecule has 2 rings (SSSR count). The second kappa shape index (κ2) is 3.67. The summed E-state index contributed by atoms with van der Waals surface area (Å²) in [6.45, 7) is 4.17. The van der Waals surface area contributed by atoms with Crippen molar-refractivity contribution in [2.75, 3.05) is 0 Å². The fourth-order valence-corrected chi connectivity index (χ4v) is 1.89. The second-order valence-corrected chi connectivity index (χ2v) is 3.37. The maximum Gasteiger partial charge on any atom is -0.0109 e. The van der Waals surface area contributed by atoms with Crippen molar-refractivity contribution in [3.63, 3.8) is 0 Å². The molecular formula is C14H14. The highest BCUT2D eigenvalue weighted by atomic mass is 14.0. The van der Waals surface area contributed by atoms with Gasteiger partial charge in [-0.2, -0.15) is 0 Å². The smallest absolute Gasteiger partial charge is 0.0109 e. The van der Waals surface area contributed by atoms with Crippen LogP contribution in [-0.4, -0.2) is 0 Å². The zero-order chi connectivity index (χ0) is 9.97. The van der Waals surface area contributed by atoms with Gasteiger partial charge in [-0.15, -0.1) is 0 Å². The maximum absolute atomic E-state index is 2.18. The minimum Gasteiger partial charge on any atom is -0.0798 e. The molecule has 0 aliphatic carbocycles. The Morgan fingerprint density at radius 1 is 0.857 bits per heavy atom. The highest BCUT2D eigenvalue weighted by Gasteiger charge is 1.93. The summed E-state index contributed by atoms with van der Waals surface area (Å²) in [6, 6.07) is 12.9. The predicted molar refractivity (Wildman–Crippen MR) is 63.5 cm³/mol. The zero-order valence-electron chi connectivity index (χ0n) is 8.62. The number of hydrogen-bond donors (Lipinski definition) is 0. The average molecular weight is 182 g/mol. The molecule has 0 heterocycles. The van der Waals surface area contributed by atoms with Gasteiger partial charge >= 0.3 is 0 Å². The molecule has 0 aliphatic heterocycles. The van der Waals surface area contributed by atoms with E-state index in [0.717, 1.165) is 0 Å². The molecule has 0 heteroatoms. The van der Waals surface area contributed by atoms with E-state index in [2.05, 4.69) is 62.4 Å². The third kappa shape index (κ3) is 1.33. The van der Waals surface area contributed by atoms with Gasteiger partial charge in [-0.05, 0) is 35.1 Å². The van der Waals surface area contributed by atoms with Crippen molar-refractivity contribution in [2.24, 2.45) is 0 Å². The van der Waals surface area contributed by atoms with E-state index in [4.69, 9.17) is 0 Å². The van der Waals surface area contributed by atoms with Crippen LogP contribution >= 0.6 is 0 Å². The van der Waals surface area contributed by atoms with Crippen molar-refractivity contribution >= 4 is 22.9 Å². The van der Waals surface area contributed by atoms with Crippen molar-refractivity contribution < 1.29 is 0 Å². The molecule has 70 valence electrons. The van der Waals surface area contributed by atoms with Crippen LogP contribution in [0.3, 0.4) is 0 Å². The summed E-state index contributed by atoms with van der Waals surface area (Å²) < 4.78 is 0. The summed E-state index contributed by atoms with van der Waals surface area (Å²) in [6.07, 6.45) is 4.33. The van der Waals surface area contributed by atoms with Crippen molar-refractivity contribution in [2.45, 2.75) is 13.8 Å². The molecule has 14 heavy (non-hydrogen) atoms. The molecule has 0 amide bonds. The van der Waals surface area contributed by atoms with E-state index in [-0.39, 0.29) is 0 Å². The SMILES string of the molecule is CC=c1ccc2ccccc2c1=CC. The molecule has 0 spiro atoms. The molecule has 0 bridgehead atoms. The highest BCUT2D eigenvalue weighted by molar-refractivity contribution is 5.83. The van der Waals surface area contributed by atoms with Crippen LogP contribution in [0.25, 0.3) is 22.9 Å². The fourth-order valence-electron chi connectivity index (χ4n) is 1.89. The summed E-state index contributed by atoms with van der Waals surface area (Å²) in [5, 5.41) is 5.30. The topological polar surface area (TPSA) is 0 Å². The van der Waals surface area contributed by atoms with Crippen LogP contribution < -0.4 is 10.4 Å². The van der Waals surface area contributed by atoms with Gasteiger partial charge in [-0.25, -0.2) is 0 Å². The van der Waals surface area contributed by atoms with Gasteiger partial charge in [-0.3, -0.25) is 0 Å². The van der Waals surface area contributed by atoms with Gasteiger partial charge in [0.2, 0.25) is 0 Å². The Kier molecular flexibility index (Phi) is 2.36. The monoisotopic (exact) mass is 182 g/mol. The highest BCUT2D eigenvalue weighted by Crippen LogP contribution is 2.06. The van der Waals surface area contributed by atoms with Crippen molar-refractivity contribution in [1.82, 2.24) is 0 Å². The lowest BCUT2D eigenvalue weighted by Gasteiger charge is -1.98. The zero-order valence-corrected chi connectivity index (χ0v) is 8.62. The molecule has 0 nitrogen and oxygen atoms in total. The van der Waals surface area contributed by atoms with E-state index >= 15 is 0 Å². The quantitative estimate of drug-likeness (QED) is 0.587. The van der Waals surface area contributed by atoms with E-state index in [0.29, 0.717) is 0 Å². The van der Waals surface area contributed by atoms with E-state index in [1.165, 1.54) is 21.2 Å². The van der Waals surface area contributed by atoms with Crippen LogP contribution in [0, 0.1) is 0 Å². The Labute approximate surface area is 84.2 Å². The maximum atomic E-state index is 2.18. The first-order valence-corrected chi connectivity index (χ1v) is 4.97. The molecule has 0 saturated heterocycles. The summed E-state index contributed by atoms with van der Waals surface area (Å²) in [5.74, 6) is 0. The van der Waals surface area contributed by atoms with E-state index in [1.807, 2.05) is 0 Å². The predicted octanol–water partition coefficient (Wildman–Crippen LogP) is 2.44. The summed E-state index contributed by atoms with van der Waals surface area (Å²) >= 11 is 0. The van der Waals surface area contributed by atoms with Crippen LogP contribution in [0.15, 0.2) is 36.4 Å². The van der Waals surface area contributed by atoms with Crippen LogP contribution in [0.4, 0.5) is 0 Å². The normalized spacial score (nSPS) is 13.9. The third-order valence-corrected chi connectivity index (χ3v) is 2.60. The Morgan fingerprint density at radius 2 is 1.64 bits per heavy atom. The van der Waals surface area contributed by atoms with Crippen LogP contribution in [-0.2, 0) is 0 Å². The van der Waals surface area contributed by atoms with Crippen molar-refractivity contribution in [1.29, 1.82) is 0 Å². The Morgan fingerprint density at radius 3 is 2.36 bits per heavy atom. The number of fused-ring (bicyclic) bond motifs is 1. The van der Waals surface area contributed by atoms with Crippen LogP contribution in [0.5, 0.6) is 0 Å². The average Bonchev–Trinajstić information content (AvgIpc) is 2.27. The van der Waals surface area contributed by atoms with Gasteiger partial charge in [-0.1, -0.05) is 48.6 Å². The third-order valence-electron chi connectivity index (χ3n) is 2.60. The van der Waals surface area contributed by atoms with Gasteiger partial charge in [0.25, 0.3) is 0 Å². The summed E-state index contributed by atoms with van der Waals surface area (Å²) in [5.41, 5.74) is 0. The molecule has 0 aliphatic rings. The minimum absolute atomic E-state index is 1.31. The first-order chi connectivity index (χ1) is 6.86. The number of hydrogen-bond acceptors (Lipinski definition) is 0. The Bertz CT molecular complexity index is 562. The first kappa shape index (κ1) is 9.01. The largest absolute Gasteiger partial charge is 0.0798 e. The van der Waals surface area contributed by atoms with E-state index in [1.54, 1.807) is 0 Å². The van der Waals surface area contributed by atoms with Crippen molar-refractivity contribution in [3.8, 4) is 0 Å². The van der Waals surface area contributed by atoms with Gasteiger partial charge in [0.05, 0.1) is 0 Å². The standard InChI is InChI=1S/C14H14/c1-3-11-9-10-12-7-5-6-8-14(12)13(11)4-2/h3-10H,1-2H3. The molecule has 0 radical (unpaired) electrons. The number of rotatable bonds is 0. The molecule has 0 atom stereocenters. The summed E-state index contributed by atoms with van der Waals surface area (Å²) in [4.78, 5) is 0. The first-order valence-electron chi connectivity index (χ1n) is 4.97. The molecule has 0 unspecified atom stereocenters. The molecule has 0 N–H and O–H groups in total. The van der Waals surface area contributed by atoms with Crippen molar-refractivity contribution in [3.05, 3.63) is 46.8 Å². The lowest BCUT2D eigenvalue weighted by molar-refractivity contribution is 1.55. The molecule has 2 aromatic rings. The molecule has 0 saturated carbocycles. The van der Waals surface area contributed by atoms with Crippen LogP contribution in [0.1, 0.15) is 13.8 Å². The van der Waals surface area contributed by atoms with Gasteiger partial charge in [0.1, 0.15) is 0 Å². The molecular weight excluding hydrogens is 168 g/mol. The van der Waals surface area contributed by atoms with Crippen LogP contribution in [0.2, 0.25) is 0 Å². The Hall–Kier alpha value is -1.56. The van der Waals surface area contributed by atoms with E-state index < -0.39 is 0 Å². The molecule has 0 aromatic heterocycles. The Balaban J connectivity index is 3.08. The van der Waals surface area contributed by atoms with Gasteiger partial charge < -0.3 is 0 Å². The lowest BCUT2D eigenvalue weighted by atomic mass is 10.1. The molecule has 2 aromatic carbocycles. The minimum atomic E-state index is 1.31. The van der Waals surface area contributed by atoms with Gasteiger partial charge in [0, 0.05) is 0 Å².